The molecule has 1 heterocycles. The van der Waals surface area contributed by atoms with Crippen LogP contribution in [-0.2, 0) is 6.54 Å². The molecule has 1 aliphatic rings. The highest BCUT2D eigenvalue weighted by Gasteiger charge is 2.31. The predicted molar refractivity (Wildman–Crippen MR) is 85.3 cm³/mol. The fourth-order valence-corrected chi connectivity index (χ4v) is 2.83. The lowest BCUT2D eigenvalue weighted by Gasteiger charge is -2.32. The van der Waals surface area contributed by atoms with Gasteiger partial charge in [0.25, 0.3) is 0 Å². The average molecular weight is 287 g/mol. The van der Waals surface area contributed by atoms with Crippen LogP contribution in [0.25, 0.3) is 0 Å². The first kappa shape index (κ1) is 15.9. The van der Waals surface area contributed by atoms with Crippen LogP contribution in [0.5, 0.6) is 5.75 Å². The van der Waals surface area contributed by atoms with Crippen LogP contribution in [0.2, 0.25) is 0 Å². The molecule has 0 amide bonds. The molecule has 1 N–H and O–H groups in total. The molecule has 0 aromatic heterocycles. The monoisotopic (exact) mass is 287 g/mol. The Hall–Kier alpha value is -1.50. The van der Waals surface area contributed by atoms with Crippen LogP contribution in [0, 0.1) is 11.8 Å². The van der Waals surface area contributed by atoms with E-state index in [2.05, 4.69) is 36.7 Å². The fourth-order valence-electron chi connectivity index (χ4n) is 2.83. The van der Waals surface area contributed by atoms with Gasteiger partial charge in [0.05, 0.1) is 13.7 Å². The van der Waals surface area contributed by atoms with Crippen molar-refractivity contribution in [3.05, 3.63) is 29.3 Å². The second kappa shape index (κ2) is 6.98. The van der Waals surface area contributed by atoms with Crippen molar-refractivity contribution in [3.63, 3.8) is 0 Å². The molecule has 0 saturated carbocycles. The lowest BCUT2D eigenvalue weighted by molar-refractivity contribution is 0.166. The maximum atomic E-state index is 8.86. The van der Waals surface area contributed by atoms with Crippen LogP contribution >= 0.6 is 0 Å². The van der Waals surface area contributed by atoms with Gasteiger partial charge in [-0.3, -0.25) is 4.90 Å². The molecule has 0 unspecified atom stereocenters. The maximum Gasteiger partial charge on any atom is 0.119 e. The number of aliphatic hydroxyl groups excluding tert-OH is 1. The highest BCUT2D eigenvalue weighted by molar-refractivity contribution is 5.45. The second-order valence-electron chi connectivity index (χ2n) is 6.14. The van der Waals surface area contributed by atoms with E-state index in [4.69, 9.17) is 9.84 Å². The molecule has 2 rings (SSSR count). The Labute approximate surface area is 127 Å². The summed E-state index contributed by atoms with van der Waals surface area (Å²) in [6.45, 7) is 6.74. The van der Waals surface area contributed by atoms with Crippen molar-refractivity contribution in [2.75, 3.05) is 20.3 Å². The van der Waals surface area contributed by atoms with Crippen molar-refractivity contribution >= 4 is 0 Å². The van der Waals surface area contributed by atoms with E-state index in [1.54, 1.807) is 7.11 Å². The minimum absolute atomic E-state index is 0.109. The van der Waals surface area contributed by atoms with Crippen LogP contribution in [-0.4, -0.2) is 35.8 Å². The van der Waals surface area contributed by atoms with Gasteiger partial charge in [0.15, 0.2) is 0 Å². The quantitative estimate of drug-likeness (QED) is 0.864. The zero-order valence-electron chi connectivity index (χ0n) is 13.3. The average Bonchev–Trinajstić information content (AvgIpc) is 2.79. The first-order valence-corrected chi connectivity index (χ1v) is 7.58. The number of ether oxygens (including phenoxy) is 1. The number of likely N-dealkylation sites (tertiary alicyclic amines) is 1. The van der Waals surface area contributed by atoms with E-state index in [-0.39, 0.29) is 12.1 Å². The molecule has 1 aromatic rings. The summed E-state index contributed by atoms with van der Waals surface area (Å²) in [7, 11) is 1.69. The van der Waals surface area contributed by atoms with Gasteiger partial charge in [-0.15, -0.1) is 0 Å². The molecule has 1 aromatic carbocycles. The summed E-state index contributed by atoms with van der Waals surface area (Å²) >= 11 is 0. The Morgan fingerprint density at radius 2 is 2.19 bits per heavy atom. The molecule has 0 spiro atoms. The van der Waals surface area contributed by atoms with Crippen molar-refractivity contribution in [1.82, 2.24) is 4.90 Å². The van der Waals surface area contributed by atoms with E-state index in [1.807, 2.05) is 12.1 Å². The Kier molecular flexibility index (Phi) is 5.27. The third kappa shape index (κ3) is 4.00. The zero-order chi connectivity index (χ0) is 15.3. The van der Waals surface area contributed by atoms with Crippen molar-refractivity contribution in [2.24, 2.45) is 0 Å². The van der Waals surface area contributed by atoms with Crippen LogP contribution in [0.4, 0.5) is 0 Å². The van der Waals surface area contributed by atoms with Crippen molar-refractivity contribution in [2.45, 2.75) is 45.2 Å². The second-order valence-corrected chi connectivity index (χ2v) is 6.14. The maximum absolute atomic E-state index is 8.86. The molecule has 3 nitrogen and oxygen atoms in total. The van der Waals surface area contributed by atoms with Gasteiger partial charge in [-0.1, -0.05) is 11.8 Å². The van der Waals surface area contributed by atoms with Crippen molar-refractivity contribution in [3.8, 4) is 17.6 Å². The largest absolute Gasteiger partial charge is 0.497 e. The van der Waals surface area contributed by atoms with Gasteiger partial charge in [-0.2, -0.15) is 0 Å². The molecule has 0 bridgehead atoms. The fraction of sp³-hybridized carbons (Fsp3) is 0.556. The summed E-state index contributed by atoms with van der Waals surface area (Å²) < 4.78 is 5.35. The van der Waals surface area contributed by atoms with Crippen molar-refractivity contribution < 1.29 is 9.84 Å². The van der Waals surface area contributed by atoms with Gasteiger partial charge in [-0.25, -0.2) is 0 Å². The Bertz CT molecular complexity index is 540. The Balaban J connectivity index is 2.25. The first-order valence-electron chi connectivity index (χ1n) is 7.58. The SMILES string of the molecule is COc1ccc(C#CCCO)c(CN2CCCC2(C)C)c1. The highest BCUT2D eigenvalue weighted by Crippen LogP contribution is 2.31. The third-order valence-corrected chi connectivity index (χ3v) is 4.21. The van der Waals surface area contributed by atoms with E-state index in [0.717, 1.165) is 24.4 Å². The van der Waals surface area contributed by atoms with Crippen LogP contribution in [0.3, 0.4) is 0 Å². The molecular formula is C18H25NO2. The van der Waals surface area contributed by atoms with Gasteiger partial charge >= 0.3 is 0 Å². The molecule has 0 atom stereocenters. The summed E-state index contributed by atoms with van der Waals surface area (Å²) in [6, 6.07) is 6.04. The molecule has 1 aliphatic heterocycles. The number of hydrogen-bond acceptors (Lipinski definition) is 3. The van der Waals surface area contributed by atoms with E-state index in [0.29, 0.717) is 6.42 Å². The van der Waals surface area contributed by atoms with Crippen molar-refractivity contribution in [1.29, 1.82) is 0 Å². The lowest BCUT2D eigenvalue weighted by Crippen LogP contribution is -2.37. The van der Waals surface area contributed by atoms with Gasteiger partial charge in [0.1, 0.15) is 5.75 Å². The Morgan fingerprint density at radius 1 is 1.38 bits per heavy atom. The van der Waals surface area contributed by atoms with Gasteiger partial charge in [0.2, 0.25) is 0 Å². The summed E-state index contributed by atoms with van der Waals surface area (Å²) in [5.41, 5.74) is 2.49. The van der Waals surface area contributed by atoms with Gasteiger partial charge < -0.3 is 9.84 Å². The van der Waals surface area contributed by atoms with E-state index in [1.165, 1.54) is 18.4 Å². The van der Waals surface area contributed by atoms with Gasteiger partial charge in [-0.05, 0) is 57.0 Å². The molecule has 21 heavy (non-hydrogen) atoms. The summed E-state index contributed by atoms with van der Waals surface area (Å²) in [5.74, 6) is 7.06. The third-order valence-electron chi connectivity index (χ3n) is 4.21. The zero-order valence-corrected chi connectivity index (χ0v) is 13.3. The minimum atomic E-state index is 0.109. The number of aliphatic hydroxyl groups is 1. The first-order chi connectivity index (χ1) is 10.1. The summed E-state index contributed by atoms with van der Waals surface area (Å²) in [5, 5.41) is 8.86. The normalized spacial score (nSPS) is 17.3. The summed E-state index contributed by atoms with van der Waals surface area (Å²) in [4.78, 5) is 2.51. The number of methoxy groups -OCH3 is 1. The minimum Gasteiger partial charge on any atom is -0.497 e. The smallest absolute Gasteiger partial charge is 0.119 e. The predicted octanol–water partition coefficient (Wildman–Crippen LogP) is 2.80. The lowest BCUT2D eigenvalue weighted by atomic mass is 10.0. The molecular weight excluding hydrogens is 262 g/mol. The molecule has 0 aliphatic carbocycles. The van der Waals surface area contributed by atoms with E-state index < -0.39 is 0 Å². The topological polar surface area (TPSA) is 32.7 Å². The summed E-state index contributed by atoms with van der Waals surface area (Å²) in [6.07, 6.45) is 3.01. The molecule has 3 heteroatoms. The molecule has 0 radical (unpaired) electrons. The van der Waals surface area contributed by atoms with E-state index >= 15 is 0 Å². The number of benzene rings is 1. The van der Waals surface area contributed by atoms with Crippen LogP contribution < -0.4 is 4.74 Å². The van der Waals surface area contributed by atoms with Gasteiger partial charge in [0, 0.05) is 24.1 Å². The van der Waals surface area contributed by atoms with Crippen LogP contribution in [0.15, 0.2) is 18.2 Å². The standard InChI is InChI=1S/C18H25NO2/c1-18(2)10-6-11-19(18)14-16-13-17(21-3)9-8-15(16)7-4-5-12-20/h8-9,13,20H,5-6,10-12,14H2,1-3H3. The molecule has 114 valence electrons. The van der Waals surface area contributed by atoms with E-state index in [9.17, 15) is 0 Å². The molecule has 1 fully saturated rings. The van der Waals surface area contributed by atoms with Crippen LogP contribution in [0.1, 0.15) is 44.2 Å². The number of rotatable bonds is 4. The Morgan fingerprint density at radius 3 is 2.81 bits per heavy atom. The number of nitrogens with zero attached hydrogens (tertiary/aromatic N) is 1. The molecule has 1 saturated heterocycles. The number of hydrogen-bond donors (Lipinski definition) is 1. The highest BCUT2D eigenvalue weighted by atomic mass is 16.5.